The van der Waals surface area contributed by atoms with E-state index in [4.69, 9.17) is 5.11 Å². The van der Waals surface area contributed by atoms with Crippen LogP contribution in [0.1, 0.15) is 37.5 Å². The van der Waals surface area contributed by atoms with E-state index in [9.17, 15) is 8.42 Å². The average molecular weight is 368 g/mol. The molecule has 1 heterocycles. The van der Waals surface area contributed by atoms with Crippen LogP contribution < -0.4 is 0 Å². The molecular weight excluding hydrogens is 350 g/mol. The van der Waals surface area contributed by atoms with Crippen LogP contribution in [0.3, 0.4) is 0 Å². The quantitative estimate of drug-likeness (QED) is 0.805. The number of aliphatic hydroxyl groups excluding tert-OH is 1. The normalized spacial score (nSPS) is 16.2. The summed E-state index contributed by atoms with van der Waals surface area (Å²) in [5.41, 5.74) is 0. The van der Waals surface area contributed by atoms with Crippen LogP contribution in [0.4, 0.5) is 0 Å². The van der Waals surface area contributed by atoms with Crippen LogP contribution in [0.25, 0.3) is 0 Å². The number of sulfonamides is 1. The average Bonchev–Trinajstić information content (AvgIpc) is 3.11. The van der Waals surface area contributed by atoms with E-state index in [1.807, 2.05) is 0 Å². The molecule has 0 radical (unpaired) electrons. The first-order valence-corrected chi connectivity index (χ1v) is 9.46. The summed E-state index contributed by atoms with van der Waals surface area (Å²) in [6.45, 7) is 2.51. The van der Waals surface area contributed by atoms with E-state index in [-0.39, 0.29) is 12.6 Å². The minimum absolute atomic E-state index is 0.128. The van der Waals surface area contributed by atoms with Gasteiger partial charge in [0.1, 0.15) is 4.90 Å². The number of rotatable bonds is 7. The number of unbranched alkanes of at least 4 members (excludes halogenated alkanes) is 1. The maximum atomic E-state index is 12.7. The van der Waals surface area contributed by atoms with Gasteiger partial charge in [-0.05, 0) is 41.3 Å². The van der Waals surface area contributed by atoms with Crippen molar-refractivity contribution in [2.24, 2.45) is 0 Å². The molecule has 0 atom stereocenters. The molecule has 0 spiro atoms. The SMILES string of the molecule is CCCCN(C1CC1)S(=O)(=O)c1cc(CO)sc1Br. The molecule has 1 N–H and O–H groups in total. The summed E-state index contributed by atoms with van der Waals surface area (Å²) in [6.07, 6.45) is 3.77. The molecule has 1 fully saturated rings. The molecule has 108 valence electrons. The monoisotopic (exact) mass is 367 g/mol. The second-order valence-corrected chi connectivity index (χ2v) is 9.02. The van der Waals surface area contributed by atoms with E-state index in [0.717, 1.165) is 25.7 Å². The number of halogens is 1. The summed E-state index contributed by atoms with van der Waals surface area (Å²) in [6, 6.07) is 1.74. The Morgan fingerprint density at radius 1 is 1.53 bits per heavy atom. The Hall–Kier alpha value is 0.0500. The lowest BCUT2D eigenvalue weighted by molar-refractivity contribution is 0.285. The van der Waals surface area contributed by atoms with Crippen molar-refractivity contribution in [3.05, 3.63) is 14.7 Å². The summed E-state index contributed by atoms with van der Waals surface area (Å²) in [5, 5.41) is 9.12. The summed E-state index contributed by atoms with van der Waals surface area (Å²) in [5.74, 6) is 0. The van der Waals surface area contributed by atoms with Crippen LogP contribution in [-0.2, 0) is 16.6 Å². The largest absolute Gasteiger partial charge is 0.391 e. The van der Waals surface area contributed by atoms with Gasteiger partial charge in [0.2, 0.25) is 10.0 Å². The standard InChI is InChI=1S/C12H18BrNO3S2/c1-2-3-6-14(9-4-5-9)19(16,17)11-7-10(8-15)18-12(11)13/h7,9,15H,2-6,8H2,1H3. The molecule has 0 amide bonds. The highest BCUT2D eigenvalue weighted by Crippen LogP contribution is 2.38. The molecule has 1 saturated carbocycles. The lowest BCUT2D eigenvalue weighted by atomic mass is 10.3. The minimum atomic E-state index is -3.44. The molecular formula is C12H18BrNO3S2. The highest BCUT2D eigenvalue weighted by atomic mass is 79.9. The summed E-state index contributed by atoms with van der Waals surface area (Å²) in [4.78, 5) is 0.959. The maximum absolute atomic E-state index is 12.7. The Morgan fingerprint density at radius 3 is 2.68 bits per heavy atom. The number of thiophene rings is 1. The molecule has 0 saturated heterocycles. The fourth-order valence-corrected chi connectivity index (χ4v) is 6.17. The summed E-state index contributed by atoms with van der Waals surface area (Å²) >= 11 is 4.58. The van der Waals surface area contributed by atoms with E-state index in [0.29, 0.717) is 20.1 Å². The van der Waals surface area contributed by atoms with Crippen LogP contribution in [0, 0.1) is 0 Å². The van der Waals surface area contributed by atoms with E-state index < -0.39 is 10.0 Å². The van der Waals surface area contributed by atoms with Crippen LogP contribution in [0.5, 0.6) is 0 Å². The van der Waals surface area contributed by atoms with Gasteiger partial charge in [-0.25, -0.2) is 8.42 Å². The van der Waals surface area contributed by atoms with Crippen molar-refractivity contribution in [3.63, 3.8) is 0 Å². The second-order valence-electron chi connectivity index (χ2n) is 4.71. The van der Waals surface area contributed by atoms with Crippen molar-refractivity contribution >= 4 is 37.3 Å². The Bertz CT molecular complexity index is 537. The fourth-order valence-electron chi connectivity index (χ4n) is 1.95. The van der Waals surface area contributed by atoms with E-state index >= 15 is 0 Å². The van der Waals surface area contributed by atoms with Crippen LogP contribution in [0.15, 0.2) is 14.7 Å². The molecule has 2 rings (SSSR count). The molecule has 0 aromatic carbocycles. The van der Waals surface area contributed by atoms with Crippen molar-refractivity contribution in [2.75, 3.05) is 6.54 Å². The molecule has 0 unspecified atom stereocenters. The summed E-state index contributed by atoms with van der Waals surface area (Å²) < 4.78 is 27.6. The molecule has 1 aliphatic carbocycles. The molecule has 4 nitrogen and oxygen atoms in total. The lowest BCUT2D eigenvalue weighted by Crippen LogP contribution is -2.34. The number of hydrogen-bond donors (Lipinski definition) is 1. The smallest absolute Gasteiger partial charge is 0.245 e. The first-order valence-electron chi connectivity index (χ1n) is 6.41. The first-order chi connectivity index (χ1) is 9.00. The molecule has 0 aliphatic heterocycles. The molecule has 7 heteroatoms. The van der Waals surface area contributed by atoms with Crippen molar-refractivity contribution < 1.29 is 13.5 Å². The van der Waals surface area contributed by atoms with Crippen LogP contribution in [0.2, 0.25) is 0 Å². The van der Waals surface area contributed by atoms with Crippen molar-refractivity contribution in [3.8, 4) is 0 Å². The van der Waals surface area contributed by atoms with Crippen LogP contribution >= 0.6 is 27.3 Å². The minimum Gasteiger partial charge on any atom is -0.391 e. The van der Waals surface area contributed by atoms with Crippen LogP contribution in [-0.4, -0.2) is 30.4 Å². The van der Waals surface area contributed by atoms with Gasteiger partial charge in [0.05, 0.1) is 10.4 Å². The van der Waals surface area contributed by atoms with Crippen molar-refractivity contribution in [1.29, 1.82) is 0 Å². The van der Waals surface area contributed by atoms with Gasteiger partial charge in [0, 0.05) is 17.5 Å². The third-order valence-electron chi connectivity index (χ3n) is 3.14. The Labute approximate surface area is 126 Å². The third kappa shape index (κ3) is 3.39. The zero-order chi connectivity index (χ0) is 14.0. The number of aliphatic hydroxyl groups is 1. The topological polar surface area (TPSA) is 57.6 Å². The lowest BCUT2D eigenvalue weighted by Gasteiger charge is -2.21. The Morgan fingerprint density at radius 2 is 2.21 bits per heavy atom. The molecule has 0 bridgehead atoms. The van der Waals surface area contributed by atoms with Gasteiger partial charge in [-0.15, -0.1) is 11.3 Å². The highest BCUT2D eigenvalue weighted by Gasteiger charge is 2.38. The molecule has 1 aliphatic rings. The first kappa shape index (κ1) is 15.4. The molecule has 1 aromatic rings. The van der Waals surface area contributed by atoms with Gasteiger partial charge < -0.3 is 5.11 Å². The highest BCUT2D eigenvalue weighted by molar-refractivity contribution is 9.11. The van der Waals surface area contributed by atoms with Gasteiger partial charge >= 0.3 is 0 Å². The van der Waals surface area contributed by atoms with Gasteiger partial charge in [-0.3, -0.25) is 0 Å². The molecule has 19 heavy (non-hydrogen) atoms. The number of hydrogen-bond acceptors (Lipinski definition) is 4. The predicted molar refractivity (Wildman–Crippen MR) is 79.8 cm³/mol. The third-order valence-corrected chi connectivity index (χ3v) is 7.32. The second kappa shape index (κ2) is 6.22. The maximum Gasteiger partial charge on any atom is 0.245 e. The fraction of sp³-hybridized carbons (Fsp3) is 0.667. The van der Waals surface area contributed by atoms with E-state index in [1.165, 1.54) is 11.3 Å². The Kier molecular flexibility index (Phi) is 5.05. The molecule has 1 aromatic heterocycles. The summed E-state index contributed by atoms with van der Waals surface area (Å²) in [7, 11) is -3.44. The van der Waals surface area contributed by atoms with Gasteiger partial charge in [-0.1, -0.05) is 13.3 Å². The van der Waals surface area contributed by atoms with Gasteiger partial charge in [0.15, 0.2) is 0 Å². The zero-order valence-electron chi connectivity index (χ0n) is 10.8. The van der Waals surface area contributed by atoms with E-state index in [2.05, 4.69) is 22.9 Å². The van der Waals surface area contributed by atoms with Crippen molar-refractivity contribution in [2.45, 2.75) is 50.2 Å². The van der Waals surface area contributed by atoms with Gasteiger partial charge in [0.25, 0.3) is 0 Å². The van der Waals surface area contributed by atoms with E-state index in [1.54, 1.807) is 10.4 Å². The van der Waals surface area contributed by atoms with Crippen molar-refractivity contribution in [1.82, 2.24) is 4.31 Å². The van der Waals surface area contributed by atoms with Gasteiger partial charge in [-0.2, -0.15) is 4.31 Å². The number of nitrogens with zero attached hydrogens (tertiary/aromatic N) is 1. The predicted octanol–water partition coefficient (Wildman–Crippen LogP) is 2.96. The Balaban J connectivity index is 2.30. The zero-order valence-corrected chi connectivity index (χ0v) is 14.0.